The molecule has 3 heterocycles. The van der Waals surface area contributed by atoms with Crippen molar-refractivity contribution in [3.05, 3.63) is 24.2 Å². The van der Waals surface area contributed by atoms with E-state index in [0.29, 0.717) is 11.9 Å². The Bertz CT molecular complexity index is 597. The summed E-state index contributed by atoms with van der Waals surface area (Å²) in [6, 6.07) is 4.68. The van der Waals surface area contributed by atoms with Gasteiger partial charge in [0.25, 0.3) is 0 Å². The van der Waals surface area contributed by atoms with Crippen molar-refractivity contribution >= 4 is 11.3 Å². The molecular formula is C15H23N5O. The van der Waals surface area contributed by atoms with Crippen LogP contribution in [0.5, 0.6) is 0 Å². The van der Waals surface area contributed by atoms with Crippen molar-refractivity contribution in [1.29, 1.82) is 0 Å². The fourth-order valence-electron chi connectivity index (χ4n) is 3.23. The zero-order chi connectivity index (χ0) is 14.7. The second kappa shape index (κ2) is 6.41. The molecule has 2 N–H and O–H groups in total. The lowest BCUT2D eigenvalue weighted by Gasteiger charge is -2.23. The van der Waals surface area contributed by atoms with Crippen LogP contribution in [0.4, 0.5) is 5.82 Å². The normalized spacial score (nSPS) is 19.6. The molecule has 3 rings (SSSR count). The predicted octanol–water partition coefficient (Wildman–Crippen LogP) is 1.35. The molecule has 0 radical (unpaired) electrons. The van der Waals surface area contributed by atoms with Crippen molar-refractivity contribution in [2.24, 2.45) is 0 Å². The molecule has 21 heavy (non-hydrogen) atoms. The first-order valence-electron chi connectivity index (χ1n) is 7.59. The lowest BCUT2D eigenvalue weighted by molar-refractivity contribution is 0.115. The first-order valence-corrected chi connectivity index (χ1v) is 7.59. The number of ether oxygens (including phenoxy) is 1. The van der Waals surface area contributed by atoms with Gasteiger partial charge in [0.05, 0.1) is 6.61 Å². The van der Waals surface area contributed by atoms with Crippen LogP contribution in [0.15, 0.2) is 18.5 Å². The molecule has 0 saturated carbocycles. The molecule has 6 nitrogen and oxygen atoms in total. The number of methoxy groups -OCH3 is 1. The lowest BCUT2D eigenvalue weighted by Crippen LogP contribution is -2.33. The van der Waals surface area contributed by atoms with Gasteiger partial charge in [0.1, 0.15) is 11.8 Å². The maximum absolute atomic E-state index is 5.86. The summed E-state index contributed by atoms with van der Waals surface area (Å²) in [7, 11) is 1.79. The molecule has 1 aliphatic heterocycles. The lowest BCUT2D eigenvalue weighted by atomic mass is 10.2. The van der Waals surface area contributed by atoms with Gasteiger partial charge in [-0.25, -0.2) is 9.50 Å². The third kappa shape index (κ3) is 3.01. The molecular weight excluding hydrogens is 266 g/mol. The van der Waals surface area contributed by atoms with Crippen LogP contribution in [0.3, 0.4) is 0 Å². The number of aromatic nitrogens is 3. The van der Waals surface area contributed by atoms with Crippen molar-refractivity contribution < 1.29 is 4.74 Å². The highest BCUT2D eigenvalue weighted by atomic mass is 16.5. The largest absolute Gasteiger partial charge is 0.383 e. The number of aryl methyl sites for hydroxylation is 1. The van der Waals surface area contributed by atoms with Crippen LogP contribution < -0.4 is 5.73 Å². The fraction of sp³-hybridized carbons (Fsp3) is 0.600. The van der Waals surface area contributed by atoms with Crippen molar-refractivity contribution in [3.63, 3.8) is 0 Å². The van der Waals surface area contributed by atoms with Crippen LogP contribution in [0, 0.1) is 0 Å². The molecule has 0 spiro atoms. The molecule has 0 aliphatic carbocycles. The summed E-state index contributed by atoms with van der Waals surface area (Å²) in [5.74, 6) is 0.538. The van der Waals surface area contributed by atoms with Gasteiger partial charge in [-0.05, 0) is 50.9 Å². The fourth-order valence-corrected chi connectivity index (χ4v) is 3.23. The van der Waals surface area contributed by atoms with E-state index in [9.17, 15) is 0 Å². The Hall–Kier alpha value is -1.66. The molecule has 6 heteroatoms. The zero-order valence-corrected chi connectivity index (χ0v) is 12.5. The standard InChI is InChI=1S/C15H23N5O/c1-21-10-13-5-3-9-19(13)8-2-4-12-6-7-14-15(16)17-11-18-20(12)14/h6-7,11,13H,2-5,8-10H2,1H3,(H2,16,17,18)/t13-/m0/s1. The number of anilines is 1. The summed E-state index contributed by atoms with van der Waals surface area (Å²) in [5, 5.41) is 4.29. The quantitative estimate of drug-likeness (QED) is 0.869. The molecule has 2 aromatic rings. The second-order valence-electron chi connectivity index (χ2n) is 5.66. The maximum Gasteiger partial charge on any atom is 0.151 e. The summed E-state index contributed by atoms with van der Waals surface area (Å²) in [6.07, 6.45) is 6.18. The molecule has 0 unspecified atom stereocenters. The van der Waals surface area contributed by atoms with E-state index < -0.39 is 0 Å². The summed E-state index contributed by atoms with van der Waals surface area (Å²) in [4.78, 5) is 6.56. The maximum atomic E-state index is 5.86. The number of hydrogen-bond acceptors (Lipinski definition) is 5. The molecule has 1 aliphatic rings. The minimum Gasteiger partial charge on any atom is -0.383 e. The van der Waals surface area contributed by atoms with Crippen LogP contribution in [-0.4, -0.2) is 52.3 Å². The molecule has 1 saturated heterocycles. The average Bonchev–Trinajstić information content (AvgIpc) is 3.08. The number of rotatable bonds is 6. The molecule has 0 bridgehead atoms. The van der Waals surface area contributed by atoms with E-state index >= 15 is 0 Å². The number of hydrogen-bond donors (Lipinski definition) is 1. The van der Waals surface area contributed by atoms with Gasteiger partial charge < -0.3 is 10.5 Å². The Labute approximate surface area is 124 Å². The average molecular weight is 289 g/mol. The minimum atomic E-state index is 0.538. The van der Waals surface area contributed by atoms with Gasteiger partial charge in [-0.3, -0.25) is 4.90 Å². The highest BCUT2D eigenvalue weighted by Gasteiger charge is 2.23. The Morgan fingerprint density at radius 2 is 2.33 bits per heavy atom. The Balaban J connectivity index is 1.58. The van der Waals surface area contributed by atoms with Gasteiger partial charge in [0.2, 0.25) is 0 Å². The van der Waals surface area contributed by atoms with E-state index in [4.69, 9.17) is 10.5 Å². The first kappa shape index (κ1) is 14.3. The van der Waals surface area contributed by atoms with Crippen LogP contribution in [0.25, 0.3) is 5.52 Å². The molecule has 1 atom stereocenters. The van der Waals surface area contributed by atoms with Crippen molar-refractivity contribution in [2.45, 2.75) is 31.7 Å². The van der Waals surface area contributed by atoms with Gasteiger partial charge in [-0.1, -0.05) is 0 Å². The smallest absolute Gasteiger partial charge is 0.151 e. The summed E-state index contributed by atoms with van der Waals surface area (Å²) < 4.78 is 7.20. The minimum absolute atomic E-state index is 0.538. The van der Waals surface area contributed by atoms with Crippen LogP contribution in [0.1, 0.15) is 25.0 Å². The second-order valence-corrected chi connectivity index (χ2v) is 5.66. The number of likely N-dealkylation sites (tertiary alicyclic amines) is 1. The van der Waals surface area contributed by atoms with E-state index in [1.54, 1.807) is 7.11 Å². The molecule has 2 aromatic heterocycles. The van der Waals surface area contributed by atoms with E-state index in [1.165, 1.54) is 31.4 Å². The van der Waals surface area contributed by atoms with Gasteiger partial charge in [-0.15, -0.1) is 0 Å². The van der Waals surface area contributed by atoms with Crippen LogP contribution in [-0.2, 0) is 11.2 Å². The first-order chi connectivity index (χ1) is 10.3. The number of fused-ring (bicyclic) bond motifs is 1. The van der Waals surface area contributed by atoms with Gasteiger partial charge in [-0.2, -0.15) is 5.10 Å². The third-order valence-electron chi connectivity index (χ3n) is 4.30. The highest BCUT2D eigenvalue weighted by molar-refractivity contribution is 5.65. The van der Waals surface area contributed by atoms with E-state index in [-0.39, 0.29) is 0 Å². The Morgan fingerprint density at radius 1 is 1.43 bits per heavy atom. The molecule has 114 valence electrons. The SMILES string of the molecule is COC[C@@H]1CCCN1CCCc1ccc2c(N)ncnn12. The third-order valence-corrected chi connectivity index (χ3v) is 4.30. The van der Waals surface area contributed by atoms with Crippen molar-refractivity contribution in [1.82, 2.24) is 19.5 Å². The molecule has 1 fully saturated rings. The summed E-state index contributed by atoms with van der Waals surface area (Å²) in [5.41, 5.74) is 7.95. The van der Waals surface area contributed by atoms with E-state index in [1.807, 2.05) is 10.6 Å². The van der Waals surface area contributed by atoms with Crippen LogP contribution >= 0.6 is 0 Å². The van der Waals surface area contributed by atoms with Crippen LogP contribution in [0.2, 0.25) is 0 Å². The van der Waals surface area contributed by atoms with Crippen molar-refractivity contribution in [2.75, 3.05) is 32.5 Å². The molecule has 0 aromatic carbocycles. The summed E-state index contributed by atoms with van der Waals surface area (Å²) in [6.45, 7) is 3.15. The predicted molar refractivity (Wildman–Crippen MR) is 82.2 cm³/mol. The van der Waals surface area contributed by atoms with Gasteiger partial charge in [0.15, 0.2) is 5.82 Å². The Morgan fingerprint density at radius 3 is 3.19 bits per heavy atom. The van der Waals surface area contributed by atoms with Crippen molar-refractivity contribution in [3.8, 4) is 0 Å². The monoisotopic (exact) mass is 289 g/mol. The van der Waals surface area contributed by atoms with Gasteiger partial charge in [0, 0.05) is 18.8 Å². The molecule has 0 amide bonds. The highest BCUT2D eigenvalue weighted by Crippen LogP contribution is 2.19. The Kier molecular flexibility index (Phi) is 4.36. The number of nitrogens with two attached hydrogens (primary N) is 1. The van der Waals surface area contributed by atoms with E-state index in [0.717, 1.165) is 31.5 Å². The number of nitrogens with zero attached hydrogens (tertiary/aromatic N) is 4. The summed E-state index contributed by atoms with van der Waals surface area (Å²) >= 11 is 0. The zero-order valence-electron chi connectivity index (χ0n) is 12.5. The topological polar surface area (TPSA) is 68.7 Å². The van der Waals surface area contributed by atoms with E-state index in [2.05, 4.69) is 21.0 Å². The van der Waals surface area contributed by atoms with Gasteiger partial charge >= 0.3 is 0 Å². The number of nitrogen functional groups attached to an aromatic ring is 1.